The molecule has 1 aromatic carbocycles. The van der Waals surface area contributed by atoms with Crippen molar-refractivity contribution in [3.05, 3.63) is 33.9 Å². The van der Waals surface area contributed by atoms with Crippen molar-refractivity contribution in [2.75, 3.05) is 31.1 Å². The molecule has 2 saturated heterocycles. The van der Waals surface area contributed by atoms with Gasteiger partial charge < -0.3 is 10.2 Å². The van der Waals surface area contributed by atoms with E-state index in [2.05, 4.69) is 10.2 Å². The summed E-state index contributed by atoms with van der Waals surface area (Å²) in [6.07, 6.45) is 0. The summed E-state index contributed by atoms with van der Waals surface area (Å²) in [5, 5.41) is 23.3. The van der Waals surface area contributed by atoms with E-state index in [9.17, 15) is 10.1 Å². The first-order chi connectivity index (χ1) is 9.19. The van der Waals surface area contributed by atoms with Crippen LogP contribution in [0.2, 0.25) is 0 Å². The zero-order valence-corrected chi connectivity index (χ0v) is 10.4. The van der Waals surface area contributed by atoms with Gasteiger partial charge in [0.1, 0.15) is 5.69 Å². The molecule has 0 spiro atoms. The molecule has 1 aromatic rings. The number of nitrogens with one attached hydrogen (secondary N) is 1. The molecule has 0 bridgehead atoms. The molecule has 98 valence electrons. The third-order valence-corrected chi connectivity index (χ3v) is 4.03. The number of anilines is 1. The number of nitro benzene ring substituents is 1. The highest BCUT2D eigenvalue weighted by molar-refractivity contribution is 5.66. The maximum Gasteiger partial charge on any atom is 0.293 e. The van der Waals surface area contributed by atoms with Gasteiger partial charge in [-0.25, -0.2) is 0 Å². The van der Waals surface area contributed by atoms with Crippen LogP contribution in [-0.4, -0.2) is 31.1 Å². The lowest BCUT2D eigenvalue weighted by molar-refractivity contribution is -0.384. The first kappa shape index (κ1) is 11.9. The summed E-state index contributed by atoms with van der Waals surface area (Å²) < 4.78 is 0. The Bertz CT molecular complexity index is 554. The van der Waals surface area contributed by atoms with E-state index in [1.54, 1.807) is 12.1 Å². The third kappa shape index (κ3) is 2.02. The molecular weight excluding hydrogens is 244 g/mol. The second-order valence-corrected chi connectivity index (χ2v) is 5.16. The van der Waals surface area contributed by atoms with Crippen molar-refractivity contribution >= 4 is 11.4 Å². The summed E-state index contributed by atoms with van der Waals surface area (Å²) in [5.41, 5.74) is 1.00. The Hall–Kier alpha value is -2.13. The quantitative estimate of drug-likeness (QED) is 0.635. The zero-order valence-electron chi connectivity index (χ0n) is 10.4. The summed E-state index contributed by atoms with van der Waals surface area (Å²) in [4.78, 5) is 12.8. The van der Waals surface area contributed by atoms with E-state index in [1.807, 2.05) is 6.07 Å². The van der Waals surface area contributed by atoms with Crippen LogP contribution in [0.4, 0.5) is 11.4 Å². The van der Waals surface area contributed by atoms with Crippen molar-refractivity contribution in [2.45, 2.75) is 0 Å². The Morgan fingerprint density at radius 1 is 1.37 bits per heavy atom. The molecule has 0 saturated carbocycles. The van der Waals surface area contributed by atoms with Crippen LogP contribution in [-0.2, 0) is 0 Å². The molecule has 0 aromatic heterocycles. The van der Waals surface area contributed by atoms with Gasteiger partial charge in [-0.3, -0.25) is 10.1 Å². The lowest BCUT2D eigenvalue weighted by Crippen LogP contribution is -2.26. The molecule has 0 aliphatic carbocycles. The molecule has 1 N–H and O–H groups in total. The summed E-state index contributed by atoms with van der Waals surface area (Å²) in [6, 6.07) is 6.66. The van der Waals surface area contributed by atoms with Crippen molar-refractivity contribution in [2.24, 2.45) is 11.8 Å². The van der Waals surface area contributed by atoms with Gasteiger partial charge in [0, 0.05) is 32.2 Å². The molecule has 3 rings (SSSR count). The highest BCUT2D eigenvalue weighted by Gasteiger charge is 2.37. The Kier molecular flexibility index (Phi) is 2.84. The minimum atomic E-state index is -0.400. The maximum absolute atomic E-state index is 11.2. The van der Waals surface area contributed by atoms with E-state index in [-0.39, 0.29) is 5.69 Å². The van der Waals surface area contributed by atoms with E-state index in [0.717, 1.165) is 26.2 Å². The van der Waals surface area contributed by atoms with Crippen LogP contribution >= 0.6 is 0 Å². The second-order valence-electron chi connectivity index (χ2n) is 5.16. The highest BCUT2D eigenvalue weighted by atomic mass is 16.6. The Balaban J connectivity index is 1.93. The van der Waals surface area contributed by atoms with Crippen molar-refractivity contribution in [3.63, 3.8) is 0 Å². The third-order valence-electron chi connectivity index (χ3n) is 4.03. The van der Waals surface area contributed by atoms with E-state index < -0.39 is 4.92 Å². The zero-order chi connectivity index (χ0) is 13.4. The number of nitro groups is 1. The first-order valence-electron chi connectivity index (χ1n) is 6.33. The van der Waals surface area contributed by atoms with Crippen molar-refractivity contribution in [1.82, 2.24) is 5.32 Å². The van der Waals surface area contributed by atoms with Gasteiger partial charge in [-0.05, 0) is 24.0 Å². The lowest BCUT2D eigenvalue weighted by atomic mass is 10.0. The summed E-state index contributed by atoms with van der Waals surface area (Å²) in [5.74, 6) is 1.16. The lowest BCUT2D eigenvalue weighted by Gasteiger charge is -2.19. The number of fused-ring (bicyclic) bond motifs is 1. The standard InChI is InChI=1S/C13H14N4O2/c14-4-9-1-2-12(13(3-9)17(18)19)16-7-10-5-15-6-11(10)8-16/h1-3,10-11,15H,5-8H2/t10-,11+. The summed E-state index contributed by atoms with van der Waals surface area (Å²) in [6.45, 7) is 3.69. The second kappa shape index (κ2) is 4.52. The predicted molar refractivity (Wildman–Crippen MR) is 69.9 cm³/mol. The van der Waals surface area contributed by atoms with Crippen molar-refractivity contribution in [1.29, 1.82) is 5.26 Å². The van der Waals surface area contributed by atoms with Crippen LogP contribution in [0.5, 0.6) is 0 Å². The van der Waals surface area contributed by atoms with Crippen LogP contribution in [0.15, 0.2) is 18.2 Å². The fourth-order valence-corrected chi connectivity index (χ4v) is 3.06. The van der Waals surface area contributed by atoms with E-state index in [1.165, 1.54) is 6.07 Å². The van der Waals surface area contributed by atoms with Gasteiger partial charge in [-0.2, -0.15) is 5.26 Å². The highest BCUT2D eigenvalue weighted by Crippen LogP contribution is 2.36. The molecule has 2 aliphatic heterocycles. The largest absolute Gasteiger partial charge is 0.365 e. The molecule has 0 radical (unpaired) electrons. The Labute approximate surface area is 110 Å². The van der Waals surface area contributed by atoms with E-state index >= 15 is 0 Å². The fraction of sp³-hybridized carbons (Fsp3) is 0.462. The summed E-state index contributed by atoms with van der Waals surface area (Å²) in [7, 11) is 0. The minimum absolute atomic E-state index is 0.0342. The predicted octanol–water partition coefficient (Wildman–Crippen LogP) is 1.12. The van der Waals surface area contributed by atoms with Gasteiger partial charge in [0.15, 0.2) is 0 Å². The molecule has 19 heavy (non-hydrogen) atoms. The molecular formula is C13H14N4O2. The first-order valence-corrected chi connectivity index (χ1v) is 6.33. The van der Waals surface area contributed by atoms with Gasteiger partial charge in [-0.1, -0.05) is 0 Å². The number of nitrogens with zero attached hydrogens (tertiary/aromatic N) is 3. The van der Waals surface area contributed by atoms with Crippen LogP contribution in [0.1, 0.15) is 5.56 Å². The average molecular weight is 258 g/mol. The molecule has 6 nitrogen and oxygen atoms in total. The van der Waals surface area contributed by atoms with Gasteiger partial charge >= 0.3 is 0 Å². The van der Waals surface area contributed by atoms with Gasteiger partial charge in [-0.15, -0.1) is 0 Å². The fourth-order valence-electron chi connectivity index (χ4n) is 3.06. The number of nitriles is 1. The number of rotatable bonds is 2. The van der Waals surface area contributed by atoms with E-state index in [0.29, 0.717) is 23.1 Å². The van der Waals surface area contributed by atoms with Gasteiger partial charge in [0.2, 0.25) is 0 Å². The van der Waals surface area contributed by atoms with Crippen molar-refractivity contribution in [3.8, 4) is 6.07 Å². The van der Waals surface area contributed by atoms with Crippen LogP contribution in [0.25, 0.3) is 0 Å². The average Bonchev–Trinajstić information content (AvgIpc) is 2.98. The topological polar surface area (TPSA) is 82.2 Å². The Morgan fingerprint density at radius 2 is 2.05 bits per heavy atom. The van der Waals surface area contributed by atoms with Crippen LogP contribution < -0.4 is 10.2 Å². The number of hydrogen-bond acceptors (Lipinski definition) is 5. The van der Waals surface area contributed by atoms with E-state index in [4.69, 9.17) is 5.26 Å². The number of hydrogen-bond donors (Lipinski definition) is 1. The monoisotopic (exact) mass is 258 g/mol. The van der Waals surface area contributed by atoms with Crippen LogP contribution in [0.3, 0.4) is 0 Å². The molecule has 6 heteroatoms. The summed E-state index contributed by atoms with van der Waals surface area (Å²) >= 11 is 0. The molecule has 2 atom stereocenters. The molecule has 2 fully saturated rings. The minimum Gasteiger partial charge on any atom is -0.365 e. The normalized spacial score (nSPS) is 25.1. The van der Waals surface area contributed by atoms with Crippen LogP contribution in [0, 0.1) is 33.3 Å². The molecule has 2 heterocycles. The van der Waals surface area contributed by atoms with Gasteiger partial charge in [0.05, 0.1) is 16.6 Å². The molecule has 0 unspecified atom stereocenters. The smallest absolute Gasteiger partial charge is 0.293 e. The Morgan fingerprint density at radius 3 is 2.63 bits per heavy atom. The molecule has 2 aliphatic rings. The maximum atomic E-state index is 11.2. The van der Waals surface area contributed by atoms with Gasteiger partial charge in [0.25, 0.3) is 5.69 Å². The molecule has 0 amide bonds. The number of benzene rings is 1. The SMILES string of the molecule is N#Cc1ccc(N2C[C@H]3CNC[C@H]3C2)c([N+](=O)[O-])c1. The van der Waals surface area contributed by atoms with Crippen molar-refractivity contribution < 1.29 is 4.92 Å².